The molecule has 2 N–H and O–H groups in total. The minimum atomic E-state index is -0.147. The Labute approximate surface area is 148 Å². The van der Waals surface area contributed by atoms with Gasteiger partial charge in [-0.1, -0.05) is 19.9 Å². The van der Waals surface area contributed by atoms with Crippen molar-refractivity contribution in [1.29, 1.82) is 0 Å². The zero-order valence-corrected chi connectivity index (χ0v) is 14.8. The van der Waals surface area contributed by atoms with Gasteiger partial charge in [0, 0.05) is 55.9 Å². The van der Waals surface area contributed by atoms with Crippen LogP contribution in [0.15, 0.2) is 47.8 Å². The summed E-state index contributed by atoms with van der Waals surface area (Å²) in [6.45, 7) is 8.19. The molecule has 1 aliphatic rings. The van der Waals surface area contributed by atoms with Crippen molar-refractivity contribution in [2.45, 2.75) is 19.3 Å². The molecule has 0 bridgehead atoms. The van der Waals surface area contributed by atoms with Gasteiger partial charge in [-0.25, -0.2) is 9.97 Å². The fourth-order valence-electron chi connectivity index (χ4n) is 2.81. The van der Waals surface area contributed by atoms with Crippen LogP contribution in [0.1, 0.15) is 19.5 Å². The summed E-state index contributed by atoms with van der Waals surface area (Å²) in [7, 11) is 0. The average molecular weight is 339 g/mol. The van der Waals surface area contributed by atoms with Crippen molar-refractivity contribution in [2.75, 3.05) is 37.6 Å². The third kappa shape index (κ3) is 4.23. The van der Waals surface area contributed by atoms with Crippen molar-refractivity contribution in [3.63, 3.8) is 0 Å². The van der Waals surface area contributed by atoms with Crippen molar-refractivity contribution in [3.8, 4) is 0 Å². The average Bonchev–Trinajstić information content (AvgIpc) is 2.68. The van der Waals surface area contributed by atoms with Gasteiger partial charge in [0.1, 0.15) is 0 Å². The number of nitrogens with zero attached hydrogens (tertiary/aromatic N) is 6. The second-order valence-corrected chi connectivity index (χ2v) is 6.80. The van der Waals surface area contributed by atoms with E-state index < -0.39 is 0 Å². The molecule has 0 radical (unpaired) electrons. The van der Waals surface area contributed by atoms with Crippen LogP contribution in [0.4, 0.5) is 5.95 Å². The van der Waals surface area contributed by atoms with Gasteiger partial charge in [-0.2, -0.15) is 0 Å². The molecule has 0 unspecified atom stereocenters. The summed E-state index contributed by atoms with van der Waals surface area (Å²) in [5, 5.41) is 0. The van der Waals surface area contributed by atoms with Crippen LogP contribution in [0.3, 0.4) is 0 Å². The van der Waals surface area contributed by atoms with E-state index in [1.807, 2.05) is 30.5 Å². The van der Waals surface area contributed by atoms with E-state index in [1.54, 1.807) is 12.4 Å². The number of aliphatic imine (C=N–C) groups is 1. The Morgan fingerprint density at radius 1 is 1.04 bits per heavy atom. The lowest BCUT2D eigenvalue weighted by molar-refractivity contribution is 0.376. The van der Waals surface area contributed by atoms with E-state index in [0.29, 0.717) is 12.5 Å². The summed E-state index contributed by atoms with van der Waals surface area (Å²) in [6.07, 6.45) is 5.35. The summed E-state index contributed by atoms with van der Waals surface area (Å²) in [5.74, 6) is 1.37. The van der Waals surface area contributed by atoms with Gasteiger partial charge in [-0.15, -0.1) is 0 Å². The largest absolute Gasteiger partial charge is 0.370 e. The molecule has 1 saturated heterocycles. The Morgan fingerprint density at radius 2 is 1.72 bits per heavy atom. The first-order valence-corrected chi connectivity index (χ1v) is 8.54. The standard InChI is InChI=1S/C18H25N7/c1-18(2,15-6-3-4-7-20-15)14-23-16(19)24-10-12-25(13-11-24)17-21-8-5-9-22-17/h3-9H,10-14H2,1-2H3,(H2,19,23). The molecule has 0 aliphatic carbocycles. The number of anilines is 1. The van der Waals surface area contributed by atoms with E-state index >= 15 is 0 Å². The van der Waals surface area contributed by atoms with Crippen LogP contribution in [-0.2, 0) is 5.41 Å². The molecule has 3 rings (SSSR count). The fraction of sp³-hybridized carbons (Fsp3) is 0.444. The van der Waals surface area contributed by atoms with E-state index in [1.165, 1.54) is 0 Å². The Kier molecular flexibility index (Phi) is 5.11. The highest BCUT2D eigenvalue weighted by atomic mass is 15.4. The van der Waals surface area contributed by atoms with E-state index in [4.69, 9.17) is 5.73 Å². The maximum atomic E-state index is 6.22. The first-order chi connectivity index (χ1) is 12.1. The predicted octanol–water partition coefficient (Wildman–Crippen LogP) is 1.29. The van der Waals surface area contributed by atoms with Crippen molar-refractivity contribution in [3.05, 3.63) is 48.5 Å². The Balaban J connectivity index is 1.57. The van der Waals surface area contributed by atoms with Crippen LogP contribution in [0.2, 0.25) is 0 Å². The van der Waals surface area contributed by atoms with Gasteiger partial charge in [-0.3, -0.25) is 9.98 Å². The molecule has 0 aromatic carbocycles. The number of hydrogen-bond acceptors (Lipinski definition) is 5. The van der Waals surface area contributed by atoms with Gasteiger partial charge < -0.3 is 15.5 Å². The van der Waals surface area contributed by atoms with Crippen LogP contribution in [0.25, 0.3) is 0 Å². The Hall–Kier alpha value is -2.70. The van der Waals surface area contributed by atoms with Crippen molar-refractivity contribution in [1.82, 2.24) is 19.9 Å². The summed E-state index contributed by atoms with van der Waals surface area (Å²) < 4.78 is 0. The topological polar surface area (TPSA) is 83.5 Å². The number of pyridine rings is 1. The number of piperazine rings is 1. The molecule has 0 atom stereocenters. The maximum absolute atomic E-state index is 6.22. The van der Waals surface area contributed by atoms with Crippen LogP contribution in [0.5, 0.6) is 0 Å². The van der Waals surface area contributed by atoms with E-state index in [2.05, 4.69) is 43.6 Å². The molecule has 3 heterocycles. The zero-order chi connectivity index (χ0) is 17.7. The molecule has 132 valence electrons. The van der Waals surface area contributed by atoms with Crippen LogP contribution in [0, 0.1) is 0 Å². The highest BCUT2D eigenvalue weighted by molar-refractivity contribution is 5.78. The highest BCUT2D eigenvalue weighted by Gasteiger charge is 2.23. The molecule has 7 heteroatoms. The van der Waals surface area contributed by atoms with Crippen LogP contribution >= 0.6 is 0 Å². The van der Waals surface area contributed by atoms with Crippen molar-refractivity contribution >= 4 is 11.9 Å². The van der Waals surface area contributed by atoms with Gasteiger partial charge in [0.25, 0.3) is 0 Å². The Morgan fingerprint density at radius 3 is 2.36 bits per heavy atom. The van der Waals surface area contributed by atoms with Gasteiger partial charge in [-0.05, 0) is 18.2 Å². The molecule has 0 saturated carbocycles. The molecule has 25 heavy (non-hydrogen) atoms. The van der Waals surface area contributed by atoms with Crippen molar-refractivity contribution in [2.24, 2.45) is 10.7 Å². The lowest BCUT2D eigenvalue weighted by atomic mass is 9.89. The molecule has 7 nitrogen and oxygen atoms in total. The number of guanidine groups is 1. The number of hydrogen-bond donors (Lipinski definition) is 1. The maximum Gasteiger partial charge on any atom is 0.225 e. The Bertz CT molecular complexity index is 692. The summed E-state index contributed by atoms with van der Waals surface area (Å²) >= 11 is 0. The zero-order valence-electron chi connectivity index (χ0n) is 14.8. The smallest absolute Gasteiger partial charge is 0.225 e. The van der Waals surface area contributed by atoms with Gasteiger partial charge >= 0.3 is 0 Å². The first-order valence-electron chi connectivity index (χ1n) is 8.54. The van der Waals surface area contributed by atoms with E-state index in [-0.39, 0.29) is 5.41 Å². The lowest BCUT2D eigenvalue weighted by Crippen LogP contribution is -2.51. The second kappa shape index (κ2) is 7.46. The highest BCUT2D eigenvalue weighted by Crippen LogP contribution is 2.21. The molecule has 0 amide bonds. The van der Waals surface area contributed by atoms with Gasteiger partial charge in [0.05, 0.1) is 6.54 Å². The predicted molar refractivity (Wildman–Crippen MR) is 99.6 cm³/mol. The third-order valence-electron chi connectivity index (χ3n) is 4.43. The quantitative estimate of drug-likeness (QED) is 0.667. The number of rotatable bonds is 4. The first kappa shape index (κ1) is 17.1. The van der Waals surface area contributed by atoms with E-state index in [0.717, 1.165) is 37.8 Å². The molecule has 1 aliphatic heterocycles. The second-order valence-electron chi connectivity index (χ2n) is 6.80. The molecule has 2 aromatic heterocycles. The summed E-state index contributed by atoms with van der Waals surface area (Å²) in [6, 6.07) is 7.78. The summed E-state index contributed by atoms with van der Waals surface area (Å²) in [5.41, 5.74) is 7.10. The fourth-order valence-corrected chi connectivity index (χ4v) is 2.81. The van der Waals surface area contributed by atoms with Gasteiger partial charge in [0.2, 0.25) is 5.95 Å². The monoisotopic (exact) mass is 339 g/mol. The molecular formula is C18H25N7. The van der Waals surface area contributed by atoms with E-state index in [9.17, 15) is 0 Å². The third-order valence-corrected chi connectivity index (χ3v) is 4.43. The SMILES string of the molecule is CC(C)(CN=C(N)N1CCN(c2ncccn2)CC1)c1ccccn1. The number of aromatic nitrogens is 3. The minimum absolute atomic E-state index is 0.147. The van der Waals surface area contributed by atoms with Crippen molar-refractivity contribution < 1.29 is 0 Å². The summed E-state index contributed by atoms with van der Waals surface area (Å²) in [4.78, 5) is 22.0. The molecule has 0 spiro atoms. The molecule has 1 fully saturated rings. The molecular weight excluding hydrogens is 314 g/mol. The lowest BCUT2D eigenvalue weighted by Gasteiger charge is -2.35. The van der Waals surface area contributed by atoms with Crippen LogP contribution < -0.4 is 10.6 Å². The van der Waals surface area contributed by atoms with Crippen LogP contribution in [-0.4, -0.2) is 58.5 Å². The number of nitrogens with two attached hydrogens (primary N) is 1. The minimum Gasteiger partial charge on any atom is -0.370 e. The normalized spacial score (nSPS) is 16.2. The van der Waals surface area contributed by atoms with Gasteiger partial charge in [0.15, 0.2) is 5.96 Å². The molecule has 2 aromatic rings.